The molecule has 2 heterocycles. The highest BCUT2D eigenvalue weighted by molar-refractivity contribution is 7.11. The fourth-order valence-corrected chi connectivity index (χ4v) is 2.31. The number of thiazole rings is 1. The number of furan rings is 1. The van der Waals surface area contributed by atoms with Crippen LogP contribution in [-0.2, 0) is 19.5 Å². The van der Waals surface area contributed by atoms with Crippen molar-refractivity contribution in [1.82, 2.24) is 10.3 Å². The first-order chi connectivity index (χ1) is 7.78. The molecule has 0 aromatic carbocycles. The van der Waals surface area contributed by atoms with Crippen LogP contribution in [-0.4, -0.2) is 4.98 Å². The number of nitrogens with zero attached hydrogens (tertiary/aromatic N) is 1. The predicted molar refractivity (Wildman–Crippen MR) is 65.5 cm³/mol. The van der Waals surface area contributed by atoms with Crippen LogP contribution in [0.25, 0.3) is 0 Å². The molecule has 0 bridgehead atoms. The largest absolute Gasteiger partial charge is 0.465 e. The number of hydrogen-bond donors (Lipinski definition) is 1. The van der Waals surface area contributed by atoms with E-state index in [0.29, 0.717) is 0 Å². The summed E-state index contributed by atoms with van der Waals surface area (Å²) in [5.74, 6) is 1.94. The van der Waals surface area contributed by atoms with Gasteiger partial charge >= 0.3 is 0 Å². The van der Waals surface area contributed by atoms with E-state index in [9.17, 15) is 0 Å². The molecule has 0 aliphatic rings. The second-order valence-electron chi connectivity index (χ2n) is 3.69. The molecular weight excluding hydrogens is 220 g/mol. The van der Waals surface area contributed by atoms with Gasteiger partial charge in [0.1, 0.15) is 11.5 Å². The van der Waals surface area contributed by atoms with Gasteiger partial charge < -0.3 is 9.73 Å². The van der Waals surface area contributed by atoms with E-state index in [1.807, 2.05) is 25.3 Å². The zero-order valence-electron chi connectivity index (χ0n) is 9.62. The Morgan fingerprint density at radius 3 is 2.88 bits per heavy atom. The van der Waals surface area contributed by atoms with Crippen LogP contribution in [0.3, 0.4) is 0 Å². The average Bonchev–Trinajstić information content (AvgIpc) is 2.88. The van der Waals surface area contributed by atoms with Crippen LogP contribution in [0.5, 0.6) is 0 Å². The molecule has 0 aliphatic carbocycles. The predicted octanol–water partition coefficient (Wildman–Crippen LogP) is 2.90. The quantitative estimate of drug-likeness (QED) is 0.867. The van der Waals surface area contributed by atoms with Crippen LogP contribution < -0.4 is 5.32 Å². The topological polar surface area (TPSA) is 38.1 Å². The summed E-state index contributed by atoms with van der Waals surface area (Å²) in [5, 5.41) is 4.55. The molecule has 4 heteroatoms. The van der Waals surface area contributed by atoms with E-state index < -0.39 is 0 Å². The van der Waals surface area contributed by atoms with Crippen molar-refractivity contribution >= 4 is 11.3 Å². The first-order valence-corrected chi connectivity index (χ1v) is 6.29. The van der Waals surface area contributed by atoms with E-state index in [1.54, 1.807) is 11.3 Å². The summed E-state index contributed by atoms with van der Waals surface area (Å²) in [4.78, 5) is 5.60. The van der Waals surface area contributed by atoms with Gasteiger partial charge in [-0.2, -0.15) is 0 Å². The van der Waals surface area contributed by atoms with Crippen LogP contribution in [0.2, 0.25) is 0 Å². The molecule has 1 N–H and O–H groups in total. The lowest BCUT2D eigenvalue weighted by atomic mass is 10.4. The van der Waals surface area contributed by atoms with Crippen LogP contribution in [0.15, 0.2) is 22.7 Å². The maximum Gasteiger partial charge on any atom is 0.117 e. The highest BCUT2D eigenvalue weighted by Gasteiger charge is 2.01. The SMILES string of the molecule is CCc1ncc(CNCc2ccc(C)o2)s1. The summed E-state index contributed by atoms with van der Waals surface area (Å²) in [7, 11) is 0. The Morgan fingerprint density at radius 1 is 1.38 bits per heavy atom. The summed E-state index contributed by atoms with van der Waals surface area (Å²) in [6.45, 7) is 5.71. The highest BCUT2D eigenvalue weighted by Crippen LogP contribution is 2.13. The minimum atomic E-state index is 0.771. The molecule has 2 aromatic rings. The van der Waals surface area contributed by atoms with Crippen molar-refractivity contribution in [2.75, 3.05) is 0 Å². The third kappa shape index (κ3) is 2.93. The number of aryl methyl sites for hydroxylation is 2. The van der Waals surface area contributed by atoms with E-state index in [0.717, 1.165) is 31.0 Å². The van der Waals surface area contributed by atoms with E-state index in [4.69, 9.17) is 4.42 Å². The van der Waals surface area contributed by atoms with E-state index in [-0.39, 0.29) is 0 Å². The lowest BCUT2D eigenvalue weighted by Gasteiger charge is -1.99. The van der Waals surface area contributed by atoms with Crippen LogP contribution in [0.1, 0.15) is 28.3 Å². The molecule has 0 fully saturated rings. The van der Waals surface area contributed by atoms with Gasteiger partial charge in [-0.25, -0.2) is 4.98 Å². The first-order valence-electron chi connectivity index (χ1n) is 5.47. The molecule has 2 rings (SSSR count). The Kier molecular flexibility index (Phi) is 3.74. The number of hydrogen-bond acceptors (Lipinski definition) is 4. The number of aromatic nitrogens is 1. The van der Waals surface area contributed by atoms with E-state index in [1.165, 1.54) is 9.88 Å². The Labute approximate surface area is 99.5 Å². The van der Waals surface area contributed by atoms with Crippen molar-refractivity contribution in [2.24, 2.45) is 0 Å². The Hall–Kier alpha value is -1.13. The van der Waals surface area contributed by atoms with Gasteiger partial charge in [0.05, 0.1) is 11.6 Å². The summed E-state index contributed by atoms with van der Waals surface area (Å²) < 4.78 is 5.47. The van der Waals surface area contributed by atoms with Crippen molar-refractivity contribution in [1.29, 1.82) is 0 Å². The molecule has 0 saturated heterocycles. The van der Waals surface area contributed by atoms with Gasteiger partial charge in [0.15, 0.2) is 0 Å². The Bertz CT molecular complexity index is 447. The standard InChI is InChI=1S/C12H16N2OS/c1-3-12-14-8-11(16-12)7-13-6-10-5-4-9(2)15-10/h4-5,8,13H,3,6-7H2,1-2H3. The smallest absolute Gasteiger partial charge is 0.117 e. The van der Waals surface area contributed by atoms with Gasteiger partial charge in [-0.05, 0) is 25.5 Å². The van der Waals surface area contributed by atoms with Crippen molar-refractivity contribution < 1.29 is 4.42 Å². The minimum absolute atomic E-state index is 0.771. The van der Waals surface area contributed by atoms with Crippen LogP contribution >= 0.6 is 11.3 Å². The third-order valence-corrected chi connectivity index (χ3v) is 3.44. The van der Waals surface area contributed by atoms with Gasteiger partial charge in [0.2, 0.25) is 0 Å². The molecule has 0 spiro atoms. The molecule has 0 radical (unpaired) electrons. The highest BCUT2D eigenvalue weighted by atomic mass is 32.1. The Balaban J connectivity index is 1.79. The van der Waals surface area contributed by atoms with Crippen molar-refractivity contribution in [3.63, 3.8) is 0 Å². The van der Waals surface area contributed by atoms with Gasteiger partial charge in [-0.1, -0.05) is 6.92 Å². The summed E-state index contributed by atoms with van der Waals surface area (Å²) >= 11 is 1.77. The summed E-state index contributed by atoms with van der Waals surface area (Å²) in [6.07, 6.45) is 2.96. The summed E-state index contributed by atoms with van der Waals surface area (Å²) in [6, 6.07) is 3.99. The molecular formula is C12H16N2OS. The van der Waals surface area contributed by atoms with Crippen molar-refractivity contribution in [3.05, 3.63) is 39.7 Å². The number of rotatable bonds is 5. The zero-order chi connectivity index (χ0) is 11.4. The van der Waals surface area contributed by atoms with Crippen LogP contribution in [0, 0.1) is 6.92 Å². The zero-order valence-corrected chi connectivity index (χ0v) is 10.4. The molecule has 3 nitrogen and oxygen atoms in total. The van der Waals surface area contributed by atoms with Crippen molar-refractivity contribution in [3.8, 4) is 0 Å². The van der Waals surface area contributed by atoms with Crippen molar-refractivity contribution in [2.45, 2.75) is 33.4 Å². The maximum atomic E-state index is 5.47. The second-order valence-corrected chi connectivity index (χ2v) is 4.89. The molecule has 16 heavy (non-hydrogen) atoms. The Morgan fingerprint density at radius 2 is 2.25 bits per heavy atom. The molecule has 0 aliphatic heterocycles. The van der Waals surface area contributed by atoms with E-state index >= 15 is 0 Å². The van der Waals surface area contributed by atoms with Gasteiger partial charge in [0, 0.05) is 17.6 Å². The second kappa shape index (κ2) is 5.27. The average molecular weight is 236 g/mol. The lowest BCUT2D eigenvalue weighted by Crippen LogP contribution is -2.10. The monoisotopic (exact) mass is 236 g/mol. The molecule has 2 aromatic heterocycles. The number of nitrogens with one attached hydrogen (secondary N) is 1. The van der Waals surface area contributed by atoms with Crippen LogP contribution in [0.4, 0.5) is 0 Å². The fourth-order valence-electron chi connectivity index (χ4n) is 1.48. The molecule has 0 amide bonds. The molecule has 0 atom stereocenters. The minimum Gasteiger partial charge on any atom is -0.465 e. The van der Waals surface area contributed by atoms with Gasteiger partial charge in [0.25, 0.3) is 0 Å². The summed E-state index contributed by atoms with van der Waals surface area (Å²) in [5.41, 5.74) is 0. The lowest BCUT2D eigenvalue weighted by molar-refractivity contribution is 0.462. The fraction of sp³-hybridized carbons (Fsp3) is 0.417. The first kappa shape index (κ1) is 11.4. The van der Waals surface area contributed by atoms with Gasteiger partial charge in [-0.15, -0.1) is 11.3 Å². The third-order valence-electron chi connectivity index (χ3n) is 2.30. The normalized spacial score (nSPS) is 10.9. The molecule has 0 saturated carbocycles. The molecule has 0 unspecified atom stereocenters. The molecule has 86 valence electrons. The van der Waals surface area contributed by atoms with E-state index in [2.05, 4.69) is 17.2 Å². The van der Waals surface area contributed by atoms with Gasteiger partial charge in [-0.3, -0.25) is 0 Å². The maximum absolute atomic E-state index is 5.47.